The maximum atomic E-state index is 12.7. The lowest BCUT2D eigenvalue weighted by Gasteiger charge is -2.37. The third-order valence-corrected chi connectivity index (χ3v) is 5.58. The van der Waals surface area contributed by atoms with Gasteiger partial charge in [0.2, 0.25) is 11.8 Å². The molecule has 6 heteroatoms. The van der Waals surface area contributed by atoms with Crippen molar-refractivity contribution < 1.29 is 14.3 Å². The summed E-state index contributed by atoms with van der Waals surface area (Å²) in [6, 6.07) is 16.7. The monoisotopic (exact) mass is 393 g/mol. The van der Waals surface area contributed by atoms with Crippen LogP contribution in [0.25, 0.3) is 0 Å². The van der Waals surface area contributed by atoms with Crippen molar-refractivity contribution in [2.75, 3.05) is 31.5 Å². The molecule has 2 fully saturated rings. The molecule has 1 saturated carbocycles. The summed E-state index contributed by atoms with van der Waals surface area (Å²) in [5.74, 6) is 2.01. The fourth-order valence-electron chi connectivity index (χ4n) is 3.56. The second kappa shape index (κ2) is 8.66. The van der Waals surface area contributed by atoms with E-state index in [1.54, 1.807) is 0 Å². The number of anilines is 1. The van der Waals surface area contributed by atoms with Crippen LogP contribution in [-0.4, -0.2) is 53.8 Å². The molecule has 1 N–H and O–H groups in total. The van der Waals surface area contributed by atoms with Crippen LogP contribution in [0.3, 0.4) is 0 Å². The molecule has 1 atom stereocenters. The van der Waals surface area contributed by atoms with E-state index in [2.05, 4.69) is 10.2 Å². The van der Waals surface area contributed by atoms with Crippen LogP contribution in [0.5, 0.6) is 11.5 Å². The molecule has 1 aliphatic heterocycles. The van der Waals surface area contributed by atoms with E-state index in [1.807, 2.05) is 66.4 Å². The number of para-hydroxylation sites is 1. The highest BCUT2D eigenvalue weighted by Crippen LogP contribution is 2.31. The van der Waals surface area contributed by atoms with Crippen molar-refractivity contribution in [3.05, 3.63) is 54.6 Å². The first kappa shape index (κ1) is 19.5. The van der Waals surface area contributed by atoms with Gasteiger partial charge in [-0.2, -0.15) is 0 Å². The average molecular weight is 393 g/mol. The second-order valence-corrected chi connectivity index (χ2v) is 7.74. The topological polar surface area (TPSA) is 61.9 Å². The van der Waals surface area contributed by atoms with Crippen molar-refractivity contribution >= 4 is 17.5 Å². The van der Waals surface area contributed by atoms with Crippen molar-refractivity contribution in [2.24, 2.45) is 5.92 Å². The number of carbonyl (C=O) groups is 2. The Morgan fingerprint density at radius 2 is 1.55 bits per heavy atom. The standard InChI is InChI=1S/C23H27N3O3/c1-17(25-13-15-26(16-14-25)23(28)18-7-8-18)22(27)24-19-9-11-21(12-10-19)29-20-5-3-2-4-6-20/h2-6,9-12,17-18H,7-8,13-16H2,1H3,(H,24,27). The Morgan fingerprint density at radius 3 is 2.17 bits per heavy atom. The highest BCUT2D eigenvalue weighted by molar-refractivity contribution is 5.94. The van der Waals surface area contributed by atoms with E-state index in [-0.39, 0.29) is 17.9 Å². The van der Waals surface area contributed by atoms with Gasteiger partial charge in [-0.15, -0.1) is 0 Å². The van der Waals surface area contributed by atoms with E-state index in [1.165, 1.54) is 0 Å². The van der Waals surface area contributed by atoms with Crippen molar-refractivity contribution in [1.82, 2.24) is 9.80 Å². The quantitative estimate of drug-likeness (QED) is 0.818. The molecule has 152 valence electrons. The molecule has 29 heavy (non-hydrogen) atoms. The molecule has 4 rings (SSSR count). The third-order valence-electron chi connectivity index (χ3n) is 5.58. The van der Waals surface area contributed by atoms with Crippen LogP contribution in [0.2, 0.25) is 0 Å². The molecule has 1 saturated heterocycles. The minimum atomic E-state index is -0.242. The number of nitrogens with zero attached hydrogens (tertiary/aromatic N) is 2. The molecule has 1 unspecified atom stereocenters. The Labute approximate surface area is 171 Å². The number of carbonyl (C=O) groups excluding carboxylic acids is 2. The Hall–Kier alpha value is -2.86. The number of hydrogen-bond acceptors (Lipinski definition) is 4. The van der Waals surface area contributed by atoms with Gasteiger partial charge >= 0.3 is 0 Å². The molecule has 1 aliphatic carbocycles. The van der Waals surface area contributed by atoms with Crippen LogP contribution < -0.4 is 10.1 Å². The van der Waals surface area contributed by atoms with Crippen molar-refractivity contribution in [3.63, 3.8) is 0 Å². The number of ether oxygens (including phenoxy) is 1. The molecular weight excluding hydrogens is 366 g/mol. The van der Waals surface area contributed by atoms with Crippen molar-refractivity contribution in [1.29, 1.82) is 0 Å². The molecule has 0 radical (unpaired) electrons. The highest BCUT2D eigenvalue weighted by atomic mass is 16.5. The van der Waals surface area contributed by atoms with Gasteiger partial charge in [-0.05, 0) is 56.2 Å². The Kier molecular flexibility index (Phi) is 5.81. The summed E-state index contributed by atoms with van der Waals surface area (Å²) >= 11 is 0. The minimum Gasteiger partial charge on any atom is -0.457 e. The zero-order valence-electron chi connectivity index (χ0n) is 16.7. The van der Waals surface area contributed by atoms with Crippen molar-refractivity contribution in [3.8, 4) is 11.5 Å². The van der Waals surface area contributed by atoms with Gasteiger partial charge < -0.3 is 15.0 Å². The largest absolute Gasteiger partial charge is 0.457 e. The minimum absolute atomic E-state index is 0.0382. The van der Waals surface area contributed by atoms with E-state index in [4.69, 9.17) is 4.74 Å². The first-order valence-corrected chi connectivity index (χ1v) is 10.3. The Morgan fingerprint density at radius 1 is 0.931 bits per heavy atom. The van der Waals surface area contributed by atoms with Crippen LogP contribution in [0.1, 0.15) is 19.8 Å². The van der Waals surface area contributed by atoms with E-state index >= 15 is 0 Å². The number of nitrogens with one attached hydrogen (secondary N) is 1. The lowest BCUT2D eigenvalue weighted by Crippen LogP contribution is -2.54. The fourth-order valence-corrected chi connectivity index (χ4v) is 3.56. The van der Waals surface area contributed by atoms with E-state index in [0.29, 0.717) is 19.0 Å². The van der Waals surface area contributed by atoms with Crippen LogP contribution in [-0.2, 0) is 9.59 Å². The van der Waals surface area contributed by atoms with Gasteiger partial charge in [0, 0.05) is 37.8 Å². The third kappa shape index (κ3) is 4.95. The van der Waals surface area contributed by atoms with Gasteiger partial charge in [0.1, 0.15) is 11.5 Å². The lowest BCUT2D eigenvalue weighted by molar-refractivity contribution is -0.135. The van der Waals surface area contributed by atoms with Gasteiger partial charge in [0.25, 0.3) is 0 Å². The van der Waals surface area contributed by atoms with Gasteiger partial charge in [-0.25, -0.2) is 0 Å². The van der Waals surface area contributed by atoms with E-state index < -0.39 is 0 Å². The fraction of sp³-hybridized carbons (Fsp3) is 0.391. The summed E-state index contributed by atoms with van der Waals surface area (Å²) in [4.78, 5) is 28.9. The average Bonchev–Trinajstić information content (AvgIpc) is 3.60. The number of piperazine rings is 1. The predicted molar refractivity (Wildman–Crippen MR) is 112 cm³/mol. The maximum Gasteiger partial charge on any atom is 0.241 e. The molecule has 2 amide bonds. The van der Waals surface area contributed by atoms with Crippen LogP contribution in [0, 0.1) is 5.92 Å². The van der Waals surface area contributed by atoms with Gasteiger partial charge in [-0.3, -0.25) is 14.5 Å². The van der Waals surface area contributed by atoms with Gasteiger partial charge in [0.15, 0.2) is 0 Å². The molecular formula is C23H27N3O3. The number of benzene rings is 2. The molecule has 2 aliphatic rings. The summed E-state index contributed by atoms with van der Waals surface area (Å²) in [7, 11) is 0. The second-order valence-electron chi connectivity index (χ2n) is 7.74. The first-order valence-electron chi connectivity index (χ1n) is 10.3. The Bertz CT molecular complexity index is 841. The zero-order valence-corrected chi connectivity index (χ0v) is 16.7. The SMILES string of the molecule is CC(C(=O)Nc1ccc(Oc2ccccc2)cc1)N1CCN(C(=O)C2CC2)CC1. The molecule has 0 bridgehead atoms. The van der Waals surface area contributed by atoms with Gasteiger partial charge in [0.05, 0.1) is 6.04 Å². The summed E-state index contributed by atoms with van der Waals surface area (Å²) in [6.45, 7) is 4.80. The Balaban J connectivity index is 1.27. The van der Waals surface area contributed by atoms with Crippen molar-refractivity contribution in [2.45, 2.75) is 25.8 Å². The number of hydrogen-bond donors (Lipinski definition) is 1. The number of rotatable bonds is 6. The van der Waals surface area contributed by atoms with Crippen LogP contribution in [0.15, 0.2) is 54.6 Å². The summed E-state index contributed by atoms with van der Waals surface area (Å²) in [5.41, 5.74) is 0.741. The predicted octanol–water partition coefficient (Wildman–Crippen LogP) is 3.36. The van der Waals surface area contributed by atoms with Crippen LogP contribution >= 0.6 is 0 Å². The van der Waals surface area contributed by atoms with E-state index in [0.717, 1.165) is 43.1 Å². The molecule has 2 aromatic carbocycles. The van der Waals surface area contributed by atoms with Crippen LogP contribution in [0.4, 0.5) is 5.69 Å². The normalized spacial score (nSPS) is 18.2. The summed E-state index contributed by atoms with van der Waals surface area (Å²) in [5, 5.41) is 2.98. The zero-order chi connectivity index (χ0) is 20.2. The molecule has 0 spiro atoms. The summed E-state index contributed by atoms with van der Waals surface area (Å²) in [6.07, 6.45) is 2.07. The molecule has 0 aromatic heterocycles. The highest BCUT2D eigenvalue weighted by Gasteiger charge is 2.35. The summed E-state index contributed by atoms with van der Waals surface area (Å²) < 4.78 is 5.78. The smallest absolute Gasteiger partial charge is 0.241 e. The molecule has 2 aromatic rings. The van der Waals surface area contributed by atoms with Gasteiger partial charge in [-0.1, -0.05) is 18.2 Å². The maximum absolute atomic E-state index is 12.7. The van der Waals surface area contributed by atoms with E-state index in [9.17, 15) is 9.59 Å². The molecule has 1 heterocycles. The first-order chi connectivity index (χ1) is 14.1. The molecule has 6 nitrogen and oxygen atoms in total. The number of amides is 2. The lowest BCUT2D eigenvalue weighted by atomic mass is 10.2.